The lowest BCUT2D eigenvalue weighted by atomic mass is 9.99. The smallest absolute Gasteiger partial charge is 0.211 e. The molecule has 1 aromatic carbocycles. The first-order valence-electron chi connectivity index (χ1n) is 6.04. The third kappa shape index (κ3) is 2.21. The molecule has 1 heterocycles. The summed E-state index contributed by atoms with van der Waals surface area (Å²) in [6.45, 7) is 1.91. The molecule has 4 heteroatoms. The number of hydrogen-bond donors (Lipinski definition) is 0. The maximum atomic E-state index is 12.6. The largest absolute Gasteiger partial charge is 0.287 e. The molecule has 0 bridgehead atoms. The van der Waals surface area contributed by atoms with Crippen molar-refractivity contribution in [3.05, 3.63) is 61.8 Å². The summed E-state index contributed by atoms with van der Waals surface area (Å²) in [4.78, 5) is 16.9. The van der Waals surface area contributed by atoms with Gasteiger partial charge in [-0.15, -0.1) is 0 Å². The first-order valence-corrected chi connectivity index (χ1v) is 7.21. The van der Waals surface area contributed by atoms with Crippen LogP contribution >= 0.6 is 27.5 Å². The first kappa shape index (κ1) is 12.8. The molecule has 0 aliphatic heterocycles. The van der Waals surface area contributed by atoms with E-state index in [0.717, 1.165) is 39.6 Å². The van der Waals surface area contributed by atoms with Crippen molar-refractivity contribution in [2.45, 2.75) is 19.8 Å². The van der Waals surface area contributed by atoms with Gasteiger partial charge < -0.3 is 0 Å². The predicted octanol–water partition coefficient (Wildman–Crippen LogP) is 4.14. The number of rotatable bonds is 0. The van der Waals surface area contributed by atoms with Crippen molar-refractivity contribution >= 4 is 33.3 Å². The Morgan fingerprint density at radius 1 is 1.21 bits per heavy atom. The summed E-state index contributed by atoms with van der Waals surface area (Å²) in [7, 11) is 0. The Morgan fingerprint density at radius 2 is 1.95 bits per heavy atom. The molecule has 0 atom stereocenters. The maximum Gasteiger partial charge on any atom is 0.211 e. The van der Waals surface area contributed by atoms with Gasteiger partial charge in [-0.2, -0.15) is 0 Å². The van der Waals surface area contributed by atoms with Gasteiger partial charge in [-0.1, -0.05) is 11.6 Å². The van der Waals surface area contributed by atoms with E-state index in [1.807, 2.05) is 25.1 Å². The maximum absolute atomic E-state index is 12.6. The lowest BCUT2D eigenvalue weighted by Gasteiger charge is -2.07. The van der Waals surface area contributed by atoms with E-state index in [1.165, 1.54) is 0 Å². The van der Waals surface area contributed by atoms with Crippen molar-refractivity contribution in [1.29, 1.82) is 0 Å². The van der Waals surface area contributed by atoms with Crippen molar-refractivity contribution in [3.8, 4) is 0 Å². The monoisotopic (exact) mass is 335 g/mol. The molecule has 0 N–H and O–H groups in total. The summed E-state index contributed by atoms with van der Waals surface area (Å²) in [6, 6.07) is 5.75. The van der Waals surface area contributed by atoms with Crippen LogP contribution in [0, 0.1) is 6.92 Å². The molecular weight excluding hydrogens is 326 g/mol. The van der Waals surface area contributed by atoms with Crippen LogP contribution in [0.25, 0.3) is 0 Å². The van der Waals surface area contributed by atoms with Crippen molar-refractivity contribution in [1.82, 2.24) is 4.98 Å². The summed E-state index contributed by atoms with van der Waals surface area (Å²) in [5.41, 5.74) is 4.22. The Kier molecular flexibility index (Phi) is 3.19. The number of nitrogens with zero attached hydrogens (tertiary/aromatic N) is 1. The zero-order valence-electron chi connectivity index (χ0n) is 10.3. The fourth-order valence-corrected chi connectivity index (χ4v) is 2.98. The Labute approximate surface area is 124 Å². The summed E-state index contributed by atoms with van der Waals surface area (Å²) < 4.78 is 0.902. The van der Waals surface area contributed by atoms with E-state index in [2.05, 4.69) is 20.9 Å². The number of ketones is 1. The summed E-state index contributed by atoms with van der Waals surface area (Å²) >= 11 is 9.55. The van der Waals surface area contributed by atoms with E-state index in [1.54, 1.807) is 6.20 Å². The molecule has 96 valence electrons. The van der Waals surface area contributed by atoms with Gasteiger partial charge in [0.15, 0.2) is 0 Å². The second-order valence-electron chi connectivity index (χ2n) is 4.75. The molecule has 0 radical (unpaired) electrons. The van der Waals surface area contributed by atoms with E-state index in [9.17, 15) is 4.79 Å². The van der Waals surface area contributed by atoms with Gasteiger partial charge in [0.1, 0.15) is 5.69 Å². The molecule has 0 fully saturated rings. The Morgan fingerprint density at radius 3 is 2.74 bits per heavy atom. The number of fused-ring (bicyclic) bond motifs is 2. The van der Waals surface area contributed by atoms with Crippen LogP contribution in [0.5, 0.6) is 0 Å². The average Bonchev–Trinajstić information content (AvgIpc) is 2.50. The third-order valence-electron chi connectivity index (χ3n) is 3.44. The van der Waals surface area contributed by atoms with Crippen LogP contribution in [-0.2, 0) is 12.8 Å². The third-order valence-corrected chi connectivity index (χ3v) is 4.28. The molecule has 0 saturated heterocycles. The fraction of sp³-hybridized carbons (Fsp3) is 0.200. The molecule has 0 amide bonds. The number of hydrogen-bond acceptors (Lipinski definition) is 2. The van der Waals surface area contributed by atoms with Gasteiger partial charge in [0, 0.05) is 21.3 Å². The molecule has 0 unspecified atom stereocenters. The molecule has 1 aliphatic carbocycles. The van der Waals surface area contributed by atoms with Gasteiger partial charge >= 0.3 is 0 Å². The fourth-order valence-electron chi connectivity index (χ4n) is 2.41. The van der Waals surface area contributed by atoms with E-state index < -0.39 is 0 Å². The van der Waals surface area contributed by atoms with Crippen LogP contribution in [0.3, 0.4) is 0 Å². The number of pyridine rings is 1. The summed E-state index contributed by atoms with van der Waals surface area (Å²) in [6.07, 6.45) is 3.29. The van der Waals surface area contributed by atoms with Crippen LogP contribution in [0.15, 0.2) is 28.9 Å². The number of aromatic nitrogens is 1. The second kappa shape index (κ2) is 4.73. The molecule has 1 aromatic heterocycles. The van der Waals surface area contributed by atoms with Crippen molar-refractivity contribution in [2.24, 2.45) is 0 Å². The Hall–Kier alpha value is -1.19. The van der Waals surface area contributed by atoms with Gasteiger partial charge in [-0.25, -0.2) is 0 Å². The van der Waals surface area contributed by atoms with E-state index in [0.29, 0.717) is 10.7 Å². The Balaban J connectivity index is 2.20. The number of benzene rings is 1. The van der Waals surface area contributed by atoms with Crippen LogP contribution in [0.4, 0.5) is 0 Å². The van der Waals surface area contributed by atoms with Crippen LogP contribution in [0.1, 0.15) is 32.7 Å². The highest BCUT2D eigenvalue weighted by atomic mass is 79.9. The highest BCUT2D eigenvalue weighted by molar-refractivity contribution is 9.10. The average molecular weight is 337 g/mol. The zero-order chi connectivity index (χ0) is 13.6. The molecular formula is C15H11BrClNO. The van der Waals surface area contributed by atoms with Crippen LogP contribution < -0.4 is 0 Å². The molecule has 1 aliphatic rings. The normalized spacial score (nSPS) is 13.7. The topological polar surface area (TPSA) is 30.0 Å². The van der Waals surface area contributed by atoms with Gasteiger partial charge in [-0.3, -0.25) is 9.78 Å². The van der Waals surface area contributed by atoms with Crippen LogP contribution in [-0.4, -0.2) is 10.8 Å². The van der Waals surface area contributed by atoms with E-state index in [4.69, 9.17) is 11.6 Å². The summed E-state index contributed by atoms with van der Waals surface area (Å²) in [5, 5.41) is 0.714. The standard InChI is InChI=1S/C15H11BrClNO/c1-8-4-12-9(6-13(8)17)2-3-10-5-11(16)7-18-14(10)15(12)19/h4-7H,2-3H2,1H3. The Bertz CT molecular complexity index is 697. The highest BCUT2D eigenvalue weighted by Gasteiger charge is 2.23. The van der Waals surface area contributed by atoms with E-state index >= 15 is 0 Å². The lowest BCUT2D eigenvalue weighted by Crippen LogP contribution is -2.07. The molecule has 19 heavy (non-hydrogen) atoms. The van der Waals surface area contributed by atoms with Crippen molar-refractivity contribution < 1.29 is 4.79 Å². The van der Waals surface area contributed by atoms with Gasteiger partial charge in [0.2, 0.25) is 5.78 Å². The molecule has 2 aromatic rings. The van der Waals surface area contributed by atoms with Gasteiger partial charge in [0.25, 0.3) is 0 Å². The van der Waals surface area contributed by atoms with E-state index in [-0.39, 0.29) is 5.78 Å². The molecule has 3 rings (SSSR count). The number of halogens is 2. The van der Waals surface area contributed by atoms with Crippen molar-refractivity contribution in [3.63, 3.8) is 0 Å². The minimum atomic E-state index is -0.00485. The molecule has 0 saturated carbocycles. The molecule has 0 spiro atoms. The van der Waals surface area contributed by atoms with Gasteiger partial charge in [-0.05, 0) is 70.6 Å². The number of carbonyl (C=O) groups is 1. The van der Waals surface area contributed by atoms with Crippen LogP contribution in [0.2, 0.25) is 5.02 Å². The number of carbonyl (C=O) groups excluding carboxylic acids is 1. The highest BCUT2D eigenvalue weighted by Crippen LogP contribution is 2.28. The van der Waals surface area contributed by atoms with Crippen molar-refractivity contribution in [2.75, 3.05) is 0 Å². The number of aryl methyl sites for hydroxylation is 3. The molecule has 2 nitrogen and oxygen atoms in total. The van der Waals surface area contributed by atoms with Gasteiger partial charge in [0.05, 0.1) is 0 Å². The minimum Gasteiger partial charge on any atom is -0.287 e. The predicted molar refractivity (Wildman–Crippen MR) is 79.0 cm³/mol. The SMILES string of the molecule is Cc1cc2c(cc1Cl)CCc1cc(Br)cnc1C2=O. The zero-order valence-corrected chi connectivity index (χ0v) is 12.7. The first-order chi connectivity index (χ1) is 9.06. The lowest BCUT2D eigenvalue weighted by molar-refractivity contribution is 0.103. The minimum absolute atomic E-state index is 0.00485. The summed E-state index contributed by atoms with van der Waals surface area (Å²) in [5.74, 6) is -0.00485. The quantitative estimate of drug-likeness (QED) is 0.724. The second-order valence-corrected chi connectivity index (χ2v) is 6.07.